The third kappa shape index (κ3) is 6.45. The van der Waals surface area contributed by atoms with Gasteiger partial charge in [0.05, 0.1) is 12.5 Å². The van der Waals surface area contributed by atoms with Crippen LogP contribution >= 0.6 is 12.4 Å². The molecule has 1 aromatic rings. The van der Waals surface area contributed by atoms with Crippen molar-refractivity contribution >= 4 is 24.3 Å². The summed E-state index contributed by atoms with van der Waals surface area (Å²) in [5.41, 5.74) is 0.845. The van der Waals surface area contributed by atoms with E-state index in [0.29, 0.717) is 13.2 Å². The van der Waals surface area contributed by atoms with Gasteiger partial charge in [0.15, 0.2) is 0 Å². The highest BCUT2D eigenvalue weighted by Gasteiger charge is 2.23. The molecule has 1 aromatic carbocycles. The second kappa shape index (κ2) is 11.0. The molecule has 0 saturated carbocycles. The number of amides is 1. The fourth-order valence-electron chi connectivity index (χ4n) is 2.04. The van der Waals surface area contributed by atoms with Crippen LogP contribution in [0.3, 0.4) is 0 Å². The van der Waals surface area contributed by atoms with Gasteiger partial charge in [0.1, 0.15) is 0 Å². The van der Waals surface area contributed by atoms with Gasteiger partial charge in [-0.3, -0.25) is 9.59 Å². The van der Waals surface area contributed by atoms with Gasteiger partial charge in [0.2, 0.25) is 5.91 Å². The SMILES string of the molecule is CCOC(=O)C(CNC(=O)C(C)CNC)c1ccccc1.Cl. The summed E-state index contributed by atoms with van der Waals surface area (Å²) in [5.74, 6) is -1.01. The Labute approximate surface area is 138 Å². The number of carbonyl (C=O) groups excluding carboxylic acids is 2. The molecule has 0 bridgehead atoms. The minimum absolute atomic E-state index is 0. The number of hydrogen-bond donors (Lipinski definition) is 2. The lowest BCUT2D eigenvalue weighted by Gasteiger charge is -2.18. The summed E-state index contributed by atoms with van der Waals surface area (Å²) in [7, 11) is 1.80. The number of carbonyl (C=O) groups is 2. The zero-order valence-electron chi connectivity index (χ0n) is 13.3. The van der Waals surface area contributed by atoms with Gasteiger partial charge < -0.3 is 15.4 Å². The molecular weight excluding hydrogens is 304 g/mol. The number of halogens is 1. The maximum Gasteiger partial charge on any atom is 0.315 e. The predicted octanol–water partition coefficient (Wildman–Crippen LogP) is 1.73. The zero-order chi connectivity index (χ0) is 15.7. The van der Waals surface area contributed by atoms with Gasteiger partial charge >= 0.3 is 5.97 Å². The van der Waals surface area contributed by atoms with Crippen molar-refractivity contribution in [2.24, 2.45) is 5.92 Å². The van der Waals surface area contributed by atoms with Crippen LogP contribution in [0.4, 0.5) is 0 Å². The summed E-state index contributed by atoms with van der Waals surface area (Å²) in [4.78, 5) is 24.0. The third-order valence-corrected chi connectivity index (χ3v) is 3.21. The lowest BCUT2D eigenvalue weighted by atomic mass is 9.99. The van der Waals surface area contributed by atoms with Gasteiger partial charge in [0.25, 0.3) is 0 Å². The van der Waals surface area contributed by atoms with E-state index < -0.39 is 5.92 Å². The fraction of sp³-hybridized carbons (Fsp3) is 0.500. The van der Waals surface area contributed by atoms with Gasteiger partial charge in [-0.15, -0.1) is 12.4 Å². The molecular formula is C16H25ClN2O3. The van der Waals surface area contributed by atoms with Crippen molar-refractivity contribution in [3.63, 3.8) is 0 Å². The molecule has 0 spiro atoms. The lowest BCUT2D eigenvalue weighted by Crippen LogP contribution is -2.38. The standard InChI is InChI=1S/C16H24N2O3.ClH/c1-4-21-16(20)14(13-8-6-5-7-9-13)11-18-15(19)12(2)10-17-3;/h5-9,12,14,17H,4,10-11H2,1-3H3,(H,18,19);1H. The Morgan fingerprint density at radius 1 is 1.18 bits per heavy atom. The summed E-state index contributed by atoms with van der Waals surface area (Å²) in [6.07, 6.45) is 0. The Balaban J connectivity index is 0.00000441. The fourth-order valence-corrected chi connectivity index (χ4v) is 2.04. The maximum absolute atomic E-state index is 12.1. The smallest absolute Gasteiger partial charge is 0.315 e. The zero-order valence-corrected chi connectivity index (χ0v) is 14.1. The van der Waals surface area contributed by atoms with Crippen molar-refractivity contribution in [1.82, 2.24) is 10.6 Å². The normalized spacial score (nSPS) is 12.7. The first-order chi connectivity index (χ1) is 10.1. The van der Waals surface area contributed by atoms with E-state index in [1.165, 1.54) is 0 Å². The molecule has 124 valence electrons. The van der Waals surface area contributed by atoms with Crippen LogP contribution in [0, 0.1) is 5.92 Å². The lowest BCUT2D eigenvalue weighted by molar-refractivity contribution is -0.144. The molecule has 1 amide bonds. The first kappa shape index (κ1) is 20.4. The molecule has 2 unspecified atom stereocenters. The maximum atomic E-state index is 12.1. The summed E-state index contributed by atoms with van der Waals surface area (Å²) < 4.78 is 5.10. The Hall–Kier alpha value is -1.59. The van der Waals surface area contributed by atoms with Crippen molar-refractivity contribution in [1.29, 1.82) is 0 Å². The van der Waals surface area contributed by atoms with Crippen LogP contribution < -0.4 is 10.6 Å². The molecule has 22 heavy (non-hydrogen) atoms. The van der Waals surface area contributed by atoms with Crippen molar-refractivity contribution in [3.8, 4) is 0 Å². The van der Waals surface area contributed by atoms with Gasteiger partial charge in [0, 0.05) is 19.0 Å². The predicted molar refractivity (Wildman–Crippen MR) is 89.2 cm³/mol. The van der Waals surface area contributed by atoms with Crippen LogP contribution in [0.2, 0.25) is 0 Å². The first-order valence-corrected chi connectivity index (χ1v) is 7.24. The molecule has 6 heteroatoms. The number of nitrogens with one attached hydrogen (secondary N) is 2. The molecule has 0 aliphatic heterocycles. The largest absolute Gasteiger partial charge is 0.465 e. The second-order valence-corrected chi connectivity index (χ2v) is 4.92. The third-order valence-electron chi connectivity index (χ3n) is 3.21. The summed E-state index contributed by atoms with van der Waals surface area (Å²) in [5, 5.41) is 5.78. The highest BCUT2D eigenvalue weighted by molar-refractivity contribution is 5.85. The molecule has 0 aliphatic rings. The van der Waals surface area contributed by atoms with E-state index in [9.17, 15) is 9.59 Å². The quantitative estimate of drug-likeness (QED) is 0.713. The van der Waals surface area contributed by atoms with Crippen molar-refractivity contribution in [3.05, 3.63) is 35.9 Å². The average molecular weight is 329 g/mol. The Morgan fingerprint density at radius 3 is 2.36 bits per heavy atom. The van der Waals surface area contributed by atoms with Crippen molar-refractivity contribution in [2.45, 2.75) is 19.8 Å². The van der Waals surface area contributed by atoms with E-state index in [0.717, 1.165) is 5.56 Å². The minimum atomic E-state index is -0.475. The van der Waals surface area contributed by atoms with Crippen LogP contribution in [0.1, 0.15) is 25.3 Å². The number of rotatable bonds is 8. The number of esters is 1. The van der Waals surface area contributed by atoms with Crippen molar-refractivity contribution < 1.29 is 14.3 Å². The van der Waals surface area contributed by atoms with Crippen LogP contribution in [0.5, 0.6) is 0 Å². The Morgan fingerprint density at radius 2 is 1.82 bits per heavy atom. The summed E-state index contributed by atoms with van der Waals surface area (Å²) >= 11 is 0. The van der Waals surface area contributed by atoms with E-state index in [1.54, 1.807) is 14.0 Å². The highest BCUT2D eigenvalue weighted by atomic mass is 35.5. The molecule has 0 aliphatic carbocycles. The number of benzene rings is 1. The number of ether oxygens (including phenoxy) is 1. The molecule has 0 saturated heterocycles. The minimum Gasteiger partial charge on any atom is -0.465 e. The van der Waals surface area contributed by atoms with Gasteiger partial charge in [-0.2, -0.15) is 0 Å². The van der Waals surface area contributed by atoms with Gasteiger partial charge in [-0.25, -0.2) is 0 Å². The van der Waals surface area contributed by atoms with E-state index in [1.807, 2.05) is 37.3 Å². The van der Waals surface area contributed by atoms with Crippen molar-refractivity contribution in [2.75, 3.05) is 26.7 Å². The van der Waals surface area contributed by atoms with Gasteiger partial charge in [-0.1, -0.05) is 37.3 Å². The van der Waals surface area contributed by atoms with Crippen LogP contribution in [0.25, 0.3) is 0 Å². The summed E-state index contributed by atoms with van der Waals surface area (Å²) in [6.45, 7) is 4.78. The Bertz CT molecular complexity index is 454. The molecule has 2 atom stereocenters. The molecule has 0 radical (unpaired) electrons. The van der Waals surface area contributed by atoms with E-state index in [2.05, 4.69) is 10.6 Å². The van der Waals surface area contributed by atoms with E-state index in [-0.39, 0.29) is 36.7 Å². The topological polar surface area (TPSA) is 67.4 Å². The average Bonchev–Trinajstić information content (AvgIpc) is 2.49. The monoisotopic (exact) mass is 328 g/mol. The highest BCUT2D eigenvalue weighted by Crippen LogP contribution is 2.16. The Kier molecular flexibility index (Phi) is 10.2. The van der Waals surface area contributed by atoms with Gasteiger partial charge in [-0.05, 0) is 19.5 Å². The number of hydrogen-bond acceptors (Lipinski definition) is 4. The molecule has 1 rings (SSSR count). The van der Waals surface area contributed by atoms with Crippen LogP contribution in [0.15, 0.2) is 30.3 Å². The van der Waals surface area contributed by atoms with Crippen LogP contribution in [-0.4, -0.2) is 38.6 Å². The van der Waals surface area contributed by atoms with E-state index in [4.69, 9.17) is 4.74 Å². The molecule has 2 N–H and O–H groups in total. The molecule has 0 fully saturated rings. The van der Waals surface area contributed by atoms with Crippen LogP contribution in [-0.2, 0) is 14.3 Å². The molecule has 5 nitrogen and oxygen atoms in total. The second-order valence-electron chi connectivity index (χ2n) is 4.92. The van der Waals surface area contributed by atoms with E-state index >= 15 is 0 Å². The summed E-state index contributed by atoms with van der Waals surface area (Å²) in [6, 6.07) is 9.36. The first-order valence-electron chi connectivity index (χ1n) is 7.24. The molecule has 0 heterocycles. The molecule has 0 aromatic heterocycles.